The zero-order chi connectivity index (χ0) is 19.5. The summed E-state index contributed by atoms with van der Waals surface area (Å²) in [4.78, 5) is 31.9. The first-order chi connectivity index (χ1) is 13.6. The van der Waals surface area contributed by atoms with Crippen molar-refractivity contribution in [2.24, 2.45) is 4.99 Å². The van der Waals surface area contributed by atoms with Gasteiger partial charge in [-0.3, -0.25) is 14.9 Å². The summed E-state index contributed by atoms with van der Waals surface area (Å²) in [6.07, 6.45) is 1.66. The van der Waals surface area contributed by atoms with Crippen molar-refractivity contribution in [1.82, 2.24) is 4.90 Å². The highest BCUT2D eigenvalue weighted by atomic mass is 32.2. The fourth-order valence-electron chi connectivity index (χ4n) is 3.21. The van der Waals surface area contributed by atoms with Crippen LogP contribution in [0.25, 0.3) is 6.08 Å². The molecule has 2 aliphatic rings. The number of thioether (sulfide) groups is 1. The van der Waals surface area contributed by atoms with Gasteiger partial charge in [-0.15, -0.1) is 0 Å². The summed E-state index contributed by atoms with van der Waals surface area (Å²) in [7, 11) is 0. The molecule has 0 spiro atoms. The Hall–Kier alpha value is -3.13. The molecule has 2 aromatic rings. The van der Waals surface area contributed by atoms with E-state index < -0.39 is 4.92 Å². The minimum Gasteiger partial charge on any atom is -0.368 e. The van der Waals surface area contributed by atoms with Gasteiger partial charge in [-0.05, 0) is 35.5 Å². The van der Waals surface area contributed by atoms with E-state index in [9.17, 15) is 14.9 Å². The fraction of sp³-hybridized carbons (Fsp3) is 0.200. The van der Waals surface area contributed by atoms with Crippen LogP contribution in [0.5, 0.6) is 0 Å². The number of nitro groups is 1. The number of carbonyl (C=O) groups is 1. The van der Waals surface area contributed by atoms with Crippen LogP contribution in [0, 0.1) is 10.1 Å². The molecule has 0 unspecified atom stereocenters. The Bertz CT molecular complexity index is 966. The summed E-state index contributed by atoms with van der Waals surface area (Å²) in [5.74, 6) is -0.294. The maximum absolute atomic E-state index is 12.3. The van der Waals surface area contributed by atoms with E-state index in [1.807, 2.05) is 18.2 Å². The lowest BCUT2D eigenvalue weighted by Crippen LogP contribution is -2.47. The smallest absolute Gasteiger partial charge is 0.286 e. The Morgan fingerprint density at radius 2 is 1.71 bits per heavy atom. The molecule has 2 aliphatic heterocycles. The van der Waals surface area contributed by atoms with Crippen LogP contribution in [0.1, 0.15) is 5.56 Å². The molecule has 28 heavy (non-hydrogen) atoms. The van der Waals surface area contributed by atoms with Gasteiger partial charge >= 0.3 is 0 Å². The number of nitrogens with zero attached hydrogens (tertiary/aromatic N) is 4. The number of amidine groups is 1. The molecule has 0 saturated carbocycles. The summed E-state index contributed by atoms with van der Waals surface area (Å²) in [5, 5.41) is 11.6. The number of aliphatic imine (C=N–C) groups is 1. The van der Waals surface area contributed by atoms with Crippen LogP contribution in [0.4, 0.5) is 11.4 Å². The van der Waals surface area contributed by atoms with Crippen molar-refractivity contribution in [1.29, 1.82) is 0 Å². The predicted molar refractivity (Wildman–Crippen MR) is 111 cm³/mol. The first kappa shape index (κ1) is 18.2. The van der Waals surface area contributed by atoms with E-state index in [2.05, 4.69) is 26.9 Å². The van der Waals surface area contributed by atoms with Crippen molar-refractivity contribution >= 4 is 40.3 Å². The third-order valence-corrected chi connectivity index (χ3v) is 5.70. The average molecular weight is 394 g/mol. The van der Waals surface area contributed by atoms with Gasteiger partial charge in [0.15, 0.2) is 5.17 Å². The highest BCUT2D eigenvalue weighted by Gasteiger charge is 2.28. The Morgan fingerprint density at radius 3 is 2.43 bits per heavy atom. The van der Waals surface area contributed by atoms with E-state index >= 15 is 0 Å². The number of carbonyl (C=O) groups excluding carboxylic acids is 1. The van der Waals surface area contributed by atoms with Gasteiger partial charge in [-0.1, -0.05) is 30.3 Å². The first-order valence-corrected chi connectivity index (χ1v) is 9.74. The molecular formula is C20H18N4O3S. The van der Waals surface area contributed by atoms with E-state index in [0.717, 1.165) is 26.2 Å². The van der Waals surface area contributed by atoms with E-state index in [1.54, 1.807) is 18.2 Å². The molecule has 7 nitrogen and oxygen atoms in total. The summed E-state index contributed by atoms with van der Waals surface area (Å²) in [6.45, 7) is 3.31. The van der Waals surface area contributed by atoms with Crippen LogP contribution in [0.2, 0.25) is 0 Å². The van der Waals surface area contributed by atoms with Crippen molar-refractivity contribution in [3.8, 4) is 0 Å². The Kier molecular flexibility index (Phi) is 5.12. The monoisotopic (exact) mass is 394 g/mol. The topological polar surface area (TPSA) is 79.0 Å². The molecule has 2 aromatic carbocycles. The van der Waals surface area contributed by atoms with Gasteiger partial charge in [0.05, 0.1) is 9.83 Å². The summed E-state index contributed by atoms with van der Waals surface area (Å²) in [6, 6.07) is 16.5. The standard InChI is InChI=1S/C20H18N4O3S/c25-19-18(14-15-5-4-8-17(13-15)24(26)27)28-20(21-19)23-11-9-22(10-12-23)16-6-2-1-3-7-16/h1-8,13-14H,9-12H2/b18-14-. The number of rotatable bonds is 3. The van der Waals surface area contributed by atoms with Crippen LogP contribution in [0.15, 0.2) is 64.5 Å². The average Bonchev–Trinajstić information content (AvgIpc) is 3.09. The molecule has 8 heteroatoms. The molecule has 0 atom stereocenters. The van der Waals surface area contributed by atoms with Gasteiger partial charge in [0.2, 0.25) is 0 Å². The Balaban J connectivity index is 1.42. The molecule has 0 aromatic heterocycles. The van der Waals surface area contributed by atoms with Gasteiger partial charge in [0, 0.05) is 44.0 Å². The highest BCUT2D eigenvalue weighted by Crippen LogP contribution is 2.31. The maximum Gasteiger partial charge on any atom is 0.286 e. The third kappa shape index (κ3) is 3.91. The molecule has 0 aliphatic carbocycles. The quantitative estimate of drug-likeness (QED) is 0.451. The SMILES string of the molecule is O=C1N=C(N2CCN(c3ccccc3)CC2)S/C1=C\c1cccc([N+](=O)[O-])c1. The molecule has 1 saturated heterocycles. The number of benzene rings is 2. The van der Waals surface area contributed by atoms with Crippen LogP contribution < -0.4 is 4.90 Å². The molecule has 0 N–H and O–H groups in total. The molecular weight excluding hydrogens is 376 g/mol. The Labute approximate surface area is 166 Å². The first-order valence-electron chi connectivity index (χ1n) is 8.92. The number of para-hydroxylation sites is 1. The van der Waals surface area contributed by atoms with Crippen LogP contribution in [-0.4, -0.2) is 47.1 Å². The van der Waals surface area contributed by atoms with Gasteiger partial charge < -0.3 is 9.80 Å². The number of nitro benzene ring substituents is 1. The normalized spacial score (nSPS) is 18.5. The molecule has 142 valence electrons. The van der Waals surface area contributed by atoms with Crippen LogP contribution >= 0.6 is 11.8 Å². The summed E-state index contributed by atoms with van der Waals surface area (Å²) in [5.41, 5.74) is 1.82. The van der Waals surface area contributed by atoms with Crippen LogP contribution in [-0.2, 0) is 4.79 Å². The van der Waals surface area contributed by atoms with Gasteiger partial charge in [0.1, 0.15) is 0 Å². The molecule has 0 radical (unpaired) electrons. The van der Waals surface area contributed by atoms with Gasteiger partial charge in [-0.2, -0.15) is 4.99 Å². The molecule has 0 bridgehead atoms. The lowest BCUT2D eigenvalue weighted by Gasteiger charge is -2.36. The second kappa shape index (κ2) is 7.85. The zero-order valence-corrected chi connectivity index (χ0v) is 15.8. The van der Waals surface area contributed by atoms with Crippen molar-refractivity contribution in [3.63, 3.8) is 0 Å². The lowest BCUT2D eigenvalue weighted by atomic mass is 10.2. The highest BCUT2D eigenvalue weighted by molar-refractivity contribution is 8.18. The molecule has 4 rings (SSSR count). The minimum atomic E-state index is -0.445. The predicted octanol–water partition coefficient (Wildman–Crippen LogP) is 3.39. The van der Waals surface area contributed by atoms with Crippen molar-refractivity contribution in [3.05, 3.63) is 75.2 Å². The summed E-state index contributed by atoms with van der Waals surface area (Å²) < 4.78 is 0. The van der Waals surface area contributed by atoms with Crippen molar-refractivity contribution in [2.45, 2.75) is 0 Å². The molecule has 1 amide bonds. The fourth-order valence-corrected chi connectivity index (χ4v) is 4.17. The number of hydrogen-bond donors (Lipinski definition) is 0. The largest absolute Gasteiger partial charge is 0.368 e. The second-order valence-electron chi connectivity index (χ2n) is 6.47. The van der Waals surface area contributed by atoms with E-state index in [1.165, 1.54) is 29.6 Å². The van der Waals surface area contributed by atoms with Crippen molar-refractivity contribution < 1.29 is 9.72 Å². The van der Waals surface area contributed by atoms with Crippen molar-refractivity contribution in [2.75, 3.05) is 31.1 Å². The molecule has 1 fully saturated rings. The number of anilines is 1. The van der Waals surface area contributed by atoms with E-state index in [4.69, 9.17) is 0 Å². The number of non-ortho nitro benzene ring substituents is 1. The maximum atomic E-state index is 12.3. The Morgan fingerprint density at radius 1 is 1.00 bits per heavy atom. The number of piperazine rings is 1. The summed E-state index contributed by atoms with van der Waals surface area (Å²) >= 11 is 1.33. The van der Waals surface area contributed by atoms with Gasteiger partial charge in [0.25, 0.3) is 11.6 Å². The number of hydrogen-bond acceptors (Lipinski definition) is 6. The van der Waals surface area contributed by atoms with E-state index in [0.29, 0.717) is 15.6 Å². The second-order valence-corrected chi connectivity index (χ2v) is 7.48. The number of amides is 1. The van der Waals surface area contributed by atoms with E-state index in [-0.39, 0.29) is 11.6 Å². The van der Waals surface area contributed by atoms with Gasteiger partial charge in [-0.25, -0.2) is 0 Å². The minimum absolute atomic E-state index is 0.00275. The molecule has 2 heterocycles. The third-order valence-electron chi connectivity index (χ3n) is 4.66. The van der Waals surface area contributed by atoms with Crippen LogP contribution in [0.3, 0.4) is 0 Å². The zero-order valence-electron chi connectivity index (χ0n) is 15.0. The lowest BCUT2D eigenvalue weighted by molar-refractivity contribution is -0.384.